The van der Waals surface area contributed by atoms with Crippen molar-refractivity contribution >= 4 is 5.91 Å². The van der Waals surface area contributed by atoms with Gasteiger partial charge in [-0.05, 0) is 17.7 Å². The average molecular weight is 362 g/mol. The number of amides is 1. The van der Waals surface area contributed by atoms with Gasteiger partial charge in [-0.2, -0.15) is 0 Å². The number of carbonyl (C=O) groups excluding carboxylic acids is 1. The summed E-state index contributed by atoms with van der Waals surface area (Å²) in [6.07, 6.45) is 3.33. The molecule has 1 amide bonds. The van der Waals surface area contributed by atoms with Crippen LogP contribution in [0.5, 0.6) is 11.5 Å². The average Bonchev–Trinajstić information content (AvgIpc) is 3.09. The summed E-state index contributed by atoms with van der Waals surface area (Å²) in [5.41, 5.74) is 6.41. The number of benzene rings is 1. The van der Waals surface area contributed by atoms with Crippen LogP contribution in [0, 0.1) is 0 Å². The Labute approximate surface area is 153 Å². The maximum absolute atomic E-state index is 12.5. The number of methoxy groups -OCH3 is 3. The highest BCUT2D eigenvalue weighted by molar-refractivity contribution is 5.77. The maximum Gasteiger partial charge on any atom is 0.223 e. The molecule has 3 N–H and O–H groups in total. The number of nitrogens with one attached hydrogen (secondary N) is 1. The molecule has 142 valence electrons. The molecular weight excluding hydrogens is 336 g/mol. The van der Waals surface area contributed by atoms with Gasteiger partial charge in [-0.3, -0.25) is 4.79 Å². The van der Waals surface area contributed by atoms with Crippen molar-refractivity contribution in [2.24, 2.45) is 12.8 Å². The highest BCUT2D eigenvalue weighted by Crippen LogP contribution is 2.29. The van der Waals surface area contributed by atoms with E-state index in [-0.39, 0.29) is 25.0 Å². The smallest absolute Gasteiger partial charge is 0.223 e. The molecule has 2 atom stereocenters. The van der Waals surface area contributed by atoms with E-state index in [9.17, 15) is 4.79 Å². The van der Waals surface area contributed by atoms with Crippen LogP contribution >= 0.6 is 0 Å². The molecule has 0 aliphatic carbocycles. The van der Waals surface area contributed by atoms with Gasteiger partial charge in [-0.1, -0.05) is 0 Å². The Hall–Kier alpha value is -2.58. The van der Waals surface area contributed by atoms with Gasteiger partial charge in [-0.15, -0.1) is 0 Å². The second-order valence-electron chi connectivity index (χ2n) is 5.84. The lowest BCUT2D eigenvalue weighted by molar-refractivity contribution is -0.123. The Bertz CT molecular complexity index is 705. The Morgan fingerprint density at radius 2 is 1.88 bits per heavy atom. The van der Waals surface area contributed by atoms with Crippen LogP contribution < -0.4 is 20.5 Å². The topological polar surface area (TPSA) is 101 Å². The summed E-state index contributed by atoms with van der Waals surface area (Å²) in [6, 6.07) is 5.00. The summed E-state index contributed by atoms with van der Waals surface area (Å²) in [5.74, 6) is 1.77. The minimum absolute atomic E-state index is 0.162. The second-order valence-corrected chi connectivity index (χ2v) is 5.84. The zero-order valence-electron chi connectivity index (χ0n) is 15.6. The predicted octanol–water partition coefficient (Wildman–Crippen LogP) is 1.01. The fourth-order valence-electron chi connectivity index (χ4n) is 2.64. The van der Waals surface area contributed by atoms with Crippen LogP contribution in [0.1, 0.15) is 23.9 Å². The van der Waals surface area contributed by atoms with E-state index in [4.69, 9.17) is 19.9 Å². The van der Waals surface area contributed by atoms with E-state index < -0.39 is 6.04 Å². The summed E-state index contributed by atoms with van der Waals surface area (Å²) in [5, 5.41) is 3.01. The van der Waals surface area contributed by atoms with Crippen molar-refractivity contribution in [3.63, 3.8) is 0 Å². The van der Waals surface area contributed by atoms with Crippen LogP contribution in [0.15, 0.2) is 30.6 Å². The molecule has 0 fully saturated rings. The third-order valence-electron chi connectivity index (χ3n) is 4.14. The van der Waals surface area contributed by atoms with Gasteiger partial charge in [-0.25, -0.2) is 4.98 Å². The molecule has 0 bridgehead atoms. The summed E-state index contributed by atoms with van der Waals surface area (Å²) in [7, 11) is 6.57. The molecule has 0 spiro atoms. The van der Waals surface area contributed by atoms with E-state index in [2.05, 4.69) is 10.3 Å². The first kappa shape index (κ1) is 19.7. The third kappa shape index (κ3) is 4.74. The van der Waals surface area contributed by atoms with E-state index in [1.807, 2.05) is 29.9 Å². The lowest BCUT2D eigenvalue weighted by atomic mass is 10.0. The van der Waals surface area contributed by atoms with Crippen molar-refractivity contribution < 1.29 is 19.0 Å². The predicted molar refractivity (Wildman–Crippen MR) is 97.2 cm³/mol. The Morgan fingerprint density at radius 3 is 2.35 bits per heavy atom. The molecule has 8 nitrogen and oxygen atoms in total. The van der Waals surface area contributed by atoms with Gasteiger partial charge in [0.1, 0.15) is 23.4 Å². The Morgan fingerprint density at radius 1 is 1.23 bits per heavy atom. The summed E-state index contributed by atoms with van der Waals surface area (Å²) in [4.78, 5) is 16.9. The van der Waals surface area contributed by atoms with Crippen molar-refractivity contribution in [3.05, 3.63) is 42.0 Å². The number of aryl methyl sites for hydroxylation is 1. The fourth-order valence-corrected chi connectivity index (χ4v) is 2.64. The number of nitrogens with two attached hydrogens (primary N) is 1. The van der Waals surface area contributed by atoms with Crippen molar-refractivity contribution in [2.45, 2.75) is 18.6 Å². The number of carbonyl (C=O) groups is 1. The number of nitrogens with zero attached hydrogens (tertiary/aromatic N) is 2. The van der Waals surface area contributed by atoms with Gasteiger partial charge in [0.05, 0.1) is 26.7 Å². The number of rotatable bonds is 9. The van der Waals surface area contributed by atoms with E-state index >= 15 is 0 Å². The van der Waals surface area contributed by atoms with Crippen LogP contribution in [-0.2, 0) is 16.6 Å². The summed E-state index contributed by atoms with van der Waals surface area (Å²) < 4.78 is 17.7. The number of hydrogen-bond acceptors (Lipinski definition) is 6. The first-order chi connectivity index (χ1) is 12.5. The van der Waals surface area contributed by atoms with E-state index in [0.29, 0.717) is 17.3 Å². The summed E-state index contributed by atoms with van der Waals surface area (Å²) in [6.45, 7) is 0.268. The van der Waals surface area contributed by atoms with Crippen LogP contribution in [0.2, 0.25) is 0 Å². The van der Waals surface area contributed by atoms with E-state index in [1.54, 1.807) is 26.5 Å². The molecule has 0 aliphatic heterocycles. The molecular formula is C18H26N4O4. The van der Waals surface area contributed by atoms with Gasteiger partial charge >= 0.3 is 0 Å². The second kappa shape index (κ2) is 9.21. The number of hydrogen-bond donors (Lipinski definition) is 2. The zero-order chi connectivity index (χ0) is 19.1. The largest absolute Gasteiger partial charge is 0.497 e. The van der Waals surface area contributed by atoms with Gasteiger partial charge < -0.3 is 29.8 Å². The summed E-state index contributed by atoms with van der Waals surface area (Å²) >= 11 is 0. The molecule has 2 rings (SSSR count). The quantitative estimate of drug-likeness (QED) is 0.690. The van der Waals surface area contributed by atoms with Gasteiger partial charge in [0.15, 0.2) is 0 Å². The standard InChI is InChI=1S/C18H26N4O4/c1-22-6-5-20-18(22)17(21-16(23)10-15(11-19)26-4)12-7-13(24-2)9-14(8-12)25-3/h5-9,15,17H,10-11,19H2,1-4H3,(H,21,23). The first-order valence-electron chi connectivity index (χ1n) is 8.24. The van der Waals surface area contributed by atoms with Crippen LogP contribution in [0.25, 0.3) is 0 Å². The molecule has 0 saturated heterocycles. The number of ether oxygens (including phenoxy) is 3. The fraction of sp³-hybridized carbons (Fsp3) is 0.444. The molecule has 26 heavy (non-hydrogen) atoms. The van der Waals surface area contributed by atoms with Crippen molar-refractivity contribution in [3.8, 4) is 11.5 Å². The lowest BCUT2D eigenvalue weighted by Gasteiger charge is -2.21. The highest BCUT2D eigenvalue weighted by Gasteiger charge is 2.23. The van der Waals surface area contributed by atoms with Crippen molar-refractivity contribution in [1.82, 2.24) is 14.9 Å². The van der Waals surface area contributed by atoms with Gasteiger partial charge in [0.2, 0.25) is 5.91 Å². The van der Waals surface area contributed by atoms with Crippen LogP contribution in [0.4, 0.5) is 0 Å². The Kier molecular flexibility index (Phi) is 6.99. The Balaban J connectivity index is 2.37. The van der Waals surface area contributed by atoms with Gasteiger partial charge in [0.25, 0.3) is 0 Å². The normalized spacial score (nSPS) is 13.1. The minimum Gasteiger partial charge on any atom is -0.497 e. The van der Waals surface area contributed by atoms with E-state index in [1.165, 1.54) is 7.11 Å². The molecule has 8 heteroatoms. The van der Waals surface area contributed by atoms with Crippen LogP contribution in [0.3, 0.4) is 0 Å². The third-order valence-corrected chi connectivity index (χ3v) is 4.14. The first-order valence-corrected chi connectivity index (χ1v) is 8.24. The van der Waals surface area contributed by atoms with Crippen LogP contribution in [-0.4, -0.2) is 49.4 Å². The SMILES string of the molecule is COc1cc(OC)cc(C(NC(=O)CC(CN)OC)c2nccn2C)c1. The van der Waals surface area contributed by atoms with Crippen molar-refractivity contribution in [1.29, 1.82) is 0 Å². The van der Waals surface area contributed by atoms with E-state index in [0.717, 1.165) is 5.56 Å². The molecule has 0 aliphatic rings. The lowest BCUT2D eigenvalue weighted by Crippen LogP contribution is -2.35. The van der Waals surface area contributed by atoms with Gasteiger partial charge in [0, 0.05) is 39.2 Å². The number of imidazole rings is 1. The van der Waals surface area contributed by atoms with Crippen molar-refractivity contribution in [2.75, 3.05) is 27.9 Å². The maximum atomic E-state index is 12.5. The minimum atomic E-state index is -0.471. The molecule has 1 aromatic heterocycles. The molecule has 0 radical (unpaired) electrons. The zero-order valence-corrected chi connectivity index (χ0v) is 15.6. The molecule has 2 unspecified atom stereocenters. The molecule has 1 heterocycles. The number of aromatic nitrogens is 2. The molecule has 2 aromatic rings. The molecule has 0 saturated carbocycles. The molecule has 1 aromatic carbocycles. The monoisotopic (exact) mass is 362 g/mol. The highest BCUT2D eigenvalue weighted by atomic mass is 16.5.